The van der Waals surface area contributed by atoms with Gasteiger partial charge in [-0.25, -0.2) is 4.98 Å². The molecule has 1 amide bonds. The fourth-order valence-electron chi connectivity index (χ4n) is 2.22. The van der Waals surface area contributed by atoms with Crippen molar-refractivity contribution in [3.8, 4) is 0 Å². The molecule has 0 radical (unpaired) electrons. The molecule has 3 rings (SSSR count). The second-order valence-corrected chi connectivity index (χ2v) is 6.75. The van der Waals surface area contributed by atoms with E-state index in [9.17, 15) is 4.79 Å². The van der Waals surface area contributed by atoms with Gasteiger partial charge in [0.15, 0.2) is 0 Å². The van der Waals surface area contributed by atoms with Crippen LogP contribution in [0, 0.1) is 0 Å². The molecule has 0 saturated carbocycles. The van der Waals surface area contributed by atoms with Gasteiger partial charge in [0.2, 0.25) is 0 Å². The lowest BCUT2D eigenvalue weighted by Gasteiger charge is -2.18. The molecule has 0 N–H and O–H groups in total. The van der Waals surface area contributed by atoms with Crippen LogP contribution in [-0.4, -0.2) is 26.2 Å². The van der Waals surface area contributed by atoms with E-state index in [4.69, 9.17) is 12.2 Å². The Hall–Kier alpha value is -1.72. The zero-order valence-electron chi connectivity index (χ0n) is 11.7. The lowest BCUT2D eigenvalue weighted by atomic mass is 10.2. The molecule has 106 valence electrons. The molecule has 1 aliphatic heterocycles. The molecule has 1 aliphatic rings. The first-order chi connectivity index (χ1) is 10.1. The van der Waals surface area contributed by atoms with Crippen LogP contribution < -0.4 is 0 Å². The lowest BCUT2D eigenvalue weighted by Crippen LogP contribution is -2.34. The summed E-state index contributed by atoms with van der Waals surface area (Å²) in [5, 5.41) is 1.09. The number of carbonyl (C=O) groups excluding carboxylic acids is 1. The third-order valence-electron chi connectivity index (χ3n) is 3.24. The number of carbonyl (C=O) groups is 1. The Morgan fingerprint density at radius 2 is 2.00 bits per heavy atom. The summed E-state index contributed by atoms with van der Waals surface area (Å²) in [4.78, 5) is 19.2. The highest BCUT2D eigenvalue weighted by Crippen LogP contribution is 2.33. The zero-order valence-corrected chi connectivity index (χ0v) is 13.4. The van der Waals surface area contributed by atoms with Gasteiger partial charge < -0.3 is 0 Å². The highest BCUT2D eigenvalue weighted by atomic mass is 32.2. The van der Waals surface area contributed by atoms with Gasteiger partial charge in [0.1, 0.15) is 4.32 Å². The average Bonchev–Trinajstić information content (AvgIpc) is 2.73. The van der Waals surface area contributed by atoms with Crippen molar-refractivity contribution >= 4 is 51.2 Å². The average molecular weight is 314 g/mol. The van der Waals surface area contributed by atoms with E-state index in [0.29, 0.717) is 9.23 Å². The van der Waals surface area contributed by atoms with Gasteiger partial charge in [-0.1, -0.05) is 48.2 Å². The molecule has 1 saturated heterocycles. The molecule has 3 nitrogen and oxygen atoms in total. The number of para-hydroxylation sites is 1. The van der Waals surface area contributed by atoms with Crippen molar-refractivity contribution in [1.29, 1.82) is 0 Å². The van der Waals surface area contributed by atoms with E-state index in [-0.39, 0.29) is 11.9 Å². The highest BCUT2D eigenvalue weighted by molar-refractivity contribution is 8.26. The van der Waals surface area contributed by atoms with Crippen molar-refractivity contribution < 1.29 is 4.79 Å². The summed E-state index contributed by atoms with van der Waals surface area (Å²) >= 11 is 6.61. The van der Waals surface area contributed by atoms with Gasteiger partial charge in [-0.3, -0.25) is 9.69 Å². The van der Waals surface area contributed by atoms with Gasteiger partial charge in [-0.2, -0.15) is 0 Å². The predicted octanol–water partition coefficient (Wildman–Crippen LogP) is 3.84. The van der Waals surface area contributed by atoms with E-state index in [1.54, 1.807) is 4.90 Å². The molecule has 1 fully saturated rings. The number of hydrogen-bond acceptors (Lipinski definition) is 4. The van der Waals surface area contributed by atoms with Gasteiger partial charge in [-0.15, -0.1) is 0 Å². The monoisotopic (exact) mass is 314 g/mol. The summed E-state index contributed by atoms with van der Waals surface area (Å²) in [6.07, 6.45) is 1.81. The zero-order chi connectivity index (χ0) is 15.0. The standard InChI is InChI=1S/C16H14N2OS2/c1-10(2)18-15(19)14(21-16(18)20)9-12-8-7-11-5-3-4-6-13(11)17-12/h3-10H,1-2H3/b14-9-. The van der Waals surface area contributed by atoms with Gasteiger partial charge in [-0.05, 0) is 32.1 Å². The van der Waals surface area contributed by atoms with Crippen LogP contribution in [0.1, 0.15) is 19.5 Å². The van der Waals surface area contributed by atoms with Gasteiger partial charge in [0, 0.05) is 11.4 Å². The first kappa shape index (κ1) is 14.2. The van der Waals surface area contributed by atoms with E-state index in [1.165, 1.54) is 11.8 Å². The number of rotatable bonds is 2. The van der Waals surface area contributed by atoms with Crippen LogP contribution in [0.2, 0.25) is 0 Å². The Morgan fingerprint density at radius 1 is 1.24 bits per heavy atom. The van der Waals surface area contributed by atoms with Crippen LogP contribution in [0.15, 0.2) is 41.3 Å². The summed E-state index contributed by atoms with van der Waals surface area (Å²) in [7, 11) is 0. The van der Waals surface area contributed by atoms with Crippen molar-refractivity contribution in [2.75, 3.05) is 0 Å². The van der Waals surface area contributed by atoms with E-state index >= 15 is 0 Å². The van der Waals surface area contributed by atoms with E-state index < -0.39 is 0 Å². The summed E-state index contributed by atoms with van der Waals surface area (Å²) < 4.78 is 0.613. The first-order valence-corrected chi connectivity index (χ1v) is 7.91. The molecule has 1 aromatic carbocycles. The number of pyridine rings is 1. The Balaban J connectivity index is 1.97. The molecule has 0 spiro atoms. The van der Waals surface area contributed by atoms with Crippen LogP contribution in [0.3, 0.4) is 0 Å². The van der Waals surface area contributed by atoms with Crippen molar-refractivity contribution in [2.45, 2.75) is 19.9 Å². The van der Waals surface area contributed by atoms with E-state index in [1.807, 2.05) is 56.3 Å². The molecule has 2 heterocycles. The maximum atomic E-state index is 12.3. The van der Waals surface area contributed by atoms with Crippen molar-refractivity contribution in [3.63, 3.8) is 0 Å². The van der Waals surface area contributed by atoms with Gasteiger partial charge in [0.25, 0.3) is 5.91 Å². The minimum absolute atomic E-state index is 0.0324. The number of fused-ring (bicyclic) bond motifs is 1. The van der Waals surface area contributed by atoms with Crippen molar-refractivity contribution in [2.24, 2.45) is 0 Å². The van der Waals surface area contributed by atoms with Crippen LogP contribution >= 0.6 is 24.0 Å². The molecule has 0 bridgehead atoms. The topological polar surface area (TPSA) is 33.2 Å². The second-order valence-electron chi connectivity index (χ2n) is 5.07. The third kappa shape index (κ3) is 2.71. The number of thioether (sulfide) groups is 1. The minimum Gasteiger partial charge on any atom is -0.290 e. The fraction of sp³-hybridized carbons (Fsp3) is 0.188. The quantitative estimate of drug-likeness (QED) is 0.623. The van der Waals surface area contributed by atoms with Crippen LogP contribution in [-0.2, 0) is 4.79 Å². The molecule has 21 heavy (non-hydrogen) atoms. The maximum absolute atomic E-state index is 12.3. The van der Waals surface area contributed by atoms with Gasteiger partial charge >= 0.3 is 0 Å². The Kier molecular flexibility index (Phi) is 3.78. The number of aromatic nitrogens is 1. The number of nitrogens with zero attached hydrogens (tertiary/aromatic N) is 2. The lowest BCUT2D eigenvalue weighted by molar-refractivity contribution is -0.123. The minimum atomic E-state index is -0.0324. The van der Waals surface area contributed by atoms with Gasteiger partial charge in [0.05, 0.1) is 16.1 Å². The molecule has 0 aliphatic carbocycles. The van der Waals surface area contributed by atoms with E-state index in [2.05, 4.69) is 4.98 Å². The normalized spacial score (nSPS) is 17.5. The second kappa shape index (κ2) is 5.58. The highest BCUT2D eigenvalue weighted by Gasteiger charge is 2.33. The first-order valence-electron chi connectivity index (χ1n) is 6.69. The van der Waals surface area contributed by atoms with E-state index in [0.717, 1.165) is 16.6 Å². The Morgan fingerprint density at radius 3 is 2.71 bits per heavy atom. The summed E-state index contributed by atoms with van der Waals surface area (Å²) in [5.41, 5.74) is 1.70. The molecule has 5 heteroatoms. The molecular weight excluding hydrogens is 300 g/mol. The Bertz CT molecular complexity index is 768. The van der Waals surface area contributed by atoms with Crippen LogP contribution in [0.5, 0.6) is 0 Å². The summed E-state index contributed by atoms with van der Waals surface area (Å²) in [6.45, 7) is 3.92. The van der Waals surface area contributed by atoms with Crippen molar-refractivity contribution in [3.05, 3.63) is 47.0 Å². The van der Waals surface area contributed by atoms with Crippen LogP contribution in [0.4, 0.5) is 0 Å². The molecule has 0 unspecified atom stereocenters. The molecule has 1 aromatic heterocycles. The molecule has 2 aromatic rings. The number of amides is 1. The number of hydrogen-bond donors (Lipinski definition) is 0. The smallest absolute Gasteiger partial charge is 0.266 e. The van der Waals surface area contributed by atoms with Crippen LogP contribution in [0.25, 0.3) is 17.0 Å². The summed E-state index contributed by atoms with van der Waals surface area (Å²) in [6, 6.07) is 11.9. The fourth-order valence-corrected chi connectivity index (χ4v) is 3.73. The SMILES string of the molecule is CC(C)N1C(=O)/C(=C/c2ccc3ccccc3n2)SC1=S. The molecule has 0 atom stereocenters. The Labute approximate surface area is 133 Å². The number of thiocarbonyl (C=S) groups is 1. The largest absolute Gasteiger partial charge is 0.290 e. The summed E-state index contributed by atoms with van der Waals surface area (Å²) in [5.74, 6) is -0.0324. The third-order valence-corrected chi connectivity index (χ3v) is 4.57. The maximum Gasteiger partial charge on any atom is 0.266 e. The molecular formula is C16H14N2OS2. The van der Waals surface area contributed by atoms with Crippen molar-refractivity contribution in [1.82, 2.24) is 9.88 Å². The predicted molar refractivity (Wildman–Crippen MR) is 91.9 cm³/mol. The number of benzene rings is 1.